The van der Waals surface area contributed by atoms with Crippen molar-refractivity contribution in [2.24, 2.45) is 0 Å². The molecule has 2 aromatic carbocycles. The van der Waals surface area contributed by atoms with Gasteiger partial charge >= 0.3 is 24.4 Å². The third-order valence-corrected chi connectivity index (χ3v) is 6.30. The van der Waals surface area contributed by atoms with Gasteiger partial charge in [0.25, 0.3) is 0 Å². The van der Waals surface area contributed by atoms with E-state index in [-0.39, 0.29) is 12.6 Å². The summed E-state index contributed by atoms with van der Waals surface area (Å²) < 4.78 is 105. The van der Waals surface area contributed by atoms with Crippen molar-refractivity contribution in [2.45, 2.75) is 69.8 Å². The van der Waals surface area contributed by atoms with Crippen LogP contribution >= 0.6 is 0 Å². The van der Waals surface area contributed by atoms with Gasteiger partial charge in [-0.3, -0.25) is 4.90 Å². The molecule has 0 saturated carbocycles. The molecule has 1 saturated heterocycles. The largest absolute Gasteiger partial charge is 0.465 e. The zero-order chi connectivity index (χ0) is 30.9. The van der Waals surface area contributed by atoms with Crippen molar-refractivity contribution >= 4 is 12.1 Å². The molecule has 4 atom stereocenters. The summed E-state index contributed by atoms with van der Waals surface area (Å²) in [4.78, 5) is 25.4. The van der Waals surface area contributed by atoms with E-state index in [0.717, 1.165) is 23.1 Å². The van der Waals surface area contributed by atoms with Crippen molar-refractivity contribution < 1.29 is 54.9 Å². The lowest BCUT2D eigenvalue weighted by Crippen LogP contribution is -2.35. The first-order chi connectivity index (χ1) is 18.8. The number of carbonyl (C=O) groups excluding carboxylic acids is 1. The van der Waals surface area contributed by atoms with Gasteiger partial charge in [-0.25, -0.2) is 14.0 Å². The van der Waals surface area contributed by atoms with Crippen molar-refractivity contribution in [3.63, 3.8) is 0 Å². The predicted octanol–water partition coefficient (Wildman–Crippen LogP) is 7.35. The summed E-state index contributed by atoms with van der Waals surface area (Å²) in [7, 11) is 0. The first-order valence-corrected chi connectivity index (χ1v) is 12.4. The highest BCUT2D eigenvalue weighted by molar-refractivity contribution is 5.82. The van der Waals surface area contributed by atoms with Crippen LogP contribution in [0.15, 0.2) is 54.6 Å². The van der Waals surface area contributed by atoms with E-state index in [4.69, 9.17) is 9.47 Å². The van der Waals surface area contributed by atoms with Gasteiger partial charge in [-0.2, -0.15) is 26.3 Å². The number of hydrogen-bond acceptors (Lipinski definition) is 4. The molecule has 0 aliphatic carbocycles. The number of ether oxygens (including phenoxy) is 2. The van der Waals surface area contributed by atoms with Gasteiger partial charge in [0.2, 0.25) is 0 Å². The van der Waals surface area contributed by atoms with Crippen LogP contribution in [0.3, 0.4) is 0 Å². The number of alkyl halides is 6. The molecule has 1 aliphatic rings. The number of carbonyl (C=O) groups is 2. The van der Waals surface area contributed by atoms with Gasteiger partial charge in [-0.05, 0) is 69.2 Å². The predicted molar refractivity (Wildman–Crippen MR) is 132 cm³/mol. The van der Waals surface area contributed by atoms with Crippen LogP contribution in [0.5, 0.6) is 0 Å². The Morgan fingerprint density at radius 2 is 1.51 bits per heavy atom. The summed E-state index contributed by atoms with van der Waals surface area (Å²) in [5.41, 5.74) is -3.96. The fourth-order valence-corrected chi connectivity index (χ4v) is 4.56. The Kier molecular flexibility index (Phi) is 9.11. The number of esters is 1. The minimum Gasteiger partial charge on any atom is -0.465 e. The summed E-state index contributed by atoms with van der Waals surface area (Å²) in [6.45, 7) is 5.77. The molecular formula is C28H28F7NO5. The molecular weight excluding hydrogens is 563 g/mol. The molecule has 1 amide bonds. The standard InChI is InChI=1S/C28H28F7NO5/c1-15(17-11-18(27(30,31)32)13-19(12-17)28(33,34)35)40-22-14-36(25(38)39)21(9-10-23(37)41-26(2,3)4)24(22)16-5-7-20(29)8-6-16/h5-13,15,21-22,24H,14H2,1-4H3,(H,38,39)/t15-,21+,22+,24+/m1/s1. The van der Waals surface area contributed by atoms with Gasteiger partial charge in [-0.1, -0.05) is 18.2 Å². The van der Waals surface area contributed by atoms with E-state index in [1.54, 1.807) is 20.8 Å². The number of halogens is 7. The quantitative estimate of drug-likeness (QED) is 0.216. The van der Waals surface area contributed by atoms with Crippen LogP contribution in [0.2, 0.25) is 0 Å². The van der Waals surface area contributed by atoms with E-state index >= 15 is 0 Å². The first kappa shape index (κ1) is 31.9. The zero-order valence-corrected chi connectivity index (χ0v) is 22.4. The number of benzene rings is 2. The van der Waals surface area contributed by atoms with E-state index in [0.29, 0.717) is 17.7 Å². The average molecular weight is 592 g/mol. The van der Waals surface area contributed by atoms with Crippen LogP contribution < -0.4 is 0 Å². The fourth-order valence-electron chi connectivity index (χ4n) is 4.56. The van der Waals surface area contributed by atoms with Crippen molar-refractivity contribution in [1.82, 2.24) is 4.90 Å². The number of likely N-dealkylation sites (tertiary alicyclic amines) is 1. The number of carboxylic acid groups (broad SMARTS) is 1. The molecule has 6 nitrogen and oxygen atoms in total. The Hall–Kier alpha value is -3.61. The van der Waals surface area contributed by atoms with Crippen LogP contribution in [0.1, 0.15) is 62.0 Å². The van der Waals surface area contributed by atoms with E-state index in [1.165, 1.54) is 25.1 Å². The third-order valence-electron chi connectivity index (χ3n) is 6.30. The molecule has 1 N–H and O–H groups in total. The minimum atomic E-state index is -5.07. The molecule has 3 rings (SSSR count). The van der Waals surface area contributed by atoms with Gasteiger partial charge in [0, 0.05) is 12.0 Å². The lowest BCUT2D eigenvalue weighted by molar-refractivity contribution is -0.148. The molecule has 13 heteroatoms. The van der Waals surface area contributed by atoms with Gasteiger partial charge in [0.1, 0.15) is 11.4 Å². The van der Waals surface area contributed by atoms with Crippen molar-refractivity contribution in [1.29, 1.82) is 0 Å². The Labute approximate surface area is 231 Å². The van der Waals surface area contributed by atoms with Gasteiger partial charge in [-0.15, -0.1) is 0 Å². The summed E-state index contributed by atoms with van der Waals surface area (Å²) in [5.74, 6) is -2.29. The Bertz CT molecular complexity index is 1250. The summed E-state index contributed by atoms with van der Waals surface area (Å²) in [6, 6.07) is 4.92. The molecule has 224 valence electrons. The van der Waals surface area contributed by atoms with Crippen LogP contribution in [0, 0.1) is 5.82 Å². The van der Waals surface area contributed by atoms with E-state index in [2.05, 4.69) is 0 Å². The van der Waals surface area contributed by atoms with E-state index in [1.807, 2.05) is 0 Å². The average Bonchev–Trinajstić information content (AvgIpc) is 3.19. The highest BCUT2D eigenvalue weighted by Gasteiger charge is 2.46. The smallest absolute Gasteiger partial charge is 0.416 e. The number of nitrogens with zero attached hydrogens (tertiary/aromatic N) is 1. The summed E-state index contributed by atoms with van der Waals surface area (Å²) in [6.07, 6.45) is -11.7. The van der Waals surface area contributed by atoms with Crippen molar-refractivity contribution in [3.8, 4) is 0 Å². The number of rotatable bonds is 6. The maximum absolute atomic E-state index is 13.7. The van der Waals surface area contributed by atoms with Crippen LogP contribution in [0.4, 0.5) is 35.5 Å². The summed E-state index contributed by atoms with van der Waals surface area (Å²) >= 11 is 0. The fraction of sp³-hybridized carbons (Fsp3) is 0.429. The van der Waals surface area contributed by atoms with Gasteiger partial charge in [0.15, 0.2) is 0 Å². The van der Waals surface area contributed by atoms with E-state index in [9.17, 15) is 45.4 Å². The summed E-state index contributed by atoms with van der Waals surface area (Å²) in [5, 5.41) is 9.88. The lowest BCUT2D eigenvalue weighted by atomic mass is 9.89. The second-order valence-corrected chi connectivity index (χ2v) is 10.6. The molecule has 1 fully saturated rings. The highest BCUT2D eigenvalue weighted by Crippen LogP contribution is 2.41. The SMILES string of the molecule is C[C@@H](O[C@H]1CN(C(=O)O)[C@@H](C=CC(=O)OC(C)(C)C)[C@@H]1c1ccc(F)cc1)c1cc(C(F)(F)F)cc(C(F)(F)F)c1. The zero-order valence-electron chi connectivity index (χ0n) is 22.4. The molecule has 0 bridgehead atoms. The van der Waals surface area contributed by atoms with Gasteiger partial charge in [0.05, 0.1) is 35.9 Å². The molecule has 0 aromatic heterocycles. The van der Waals surface area contributed by atoms with Crippen LogP contribution in [-0.4, -0.2) is 46.4 Å². The normalized spacial score (nSPS) is 20.9. The highest BCUT2D eigenvalue weighted by atomic mass is 19.4. The minimum absolute atomic E-state index is 0.00321. The Morgan fingerprint density at radius 3 is 1.98 bits per heavy atom. The third kappa shape index (κ3) is 8.21. The molecule has 0 unspecified atom stereocenters. The second-order valence-electron chi connectivity index (χ2n) is 10.6. The Balaban J connectivity index is 2.03. The maximum atomic E-state index is 13.7. The van der Waals surface area contributed by atoms with Crippen LogP contribution in [0.25, 0.3) is 0 Å². The number of hydrogen-bond donors (Lipinski definition) is 1. The molecule has 0 spiro atoms. The topological polar surface area (TPSA) is 76.1 Å². The molecule has 1 aliphatic heterocycles. The lowest BCUT2D eigenvalue weighted by Gasteiger charge is -2.27. The monoisotopic (exact) mass is 591 g/mol. The molecule has 2 aromatic rings. The second kappa shape index (κ2) is 11.7. The number of amides is 1. The molecule has 1 heterocycles. The van der Waals surface area contributed by atoms with Gasteiger partial charge < -0.3 is 14.6 Å². The van der Waals surface area contributed by atoms with Crippen LogP contribution in [-0.2, 0) is 26.6 Å². The van der Waals surface area contributed by atoms with E-state index < -0.39 is 76.7 Å². The maximum Gasteiger partial charge on any atom is 0.416 e. The molecule has 0 radical (unpaired) electrons. The molecule has 41 heavy (non-hydrogen) atoms. The van der Waals surface area contributed by atoms with Crippen molar-refractivity contribution in [2.75, 3.05) is 6.54 Å². The Morgan fingerprint density at radius 1 is 0.976 bits per heavy atom. The van der Waals surface area contributed by atoms with Crippen molar-refractivity contribution in [3.05, 3.63) is 82.7 Å². The first-order valence-electron chi connectivity index (χ1n) is 12.4.